The first-order valence-corrected chi connectivity index (χ1v) is 9.14. The van der Waals surface area contributed by atoms with Crippen molar-refractivity contribution in [3.63, 3.8) is 0 Å². The van der Waals surface area contributed by atoms with Crippen LogP contribution in [0, 0.1) is 34.5 Å². The lowest BCUT2D eigenvalue weighted by atomic mass is 9.91. The first-order chi connectivity index (χ1) is 8.29. The summed E-state index contributed by atoms with van der Waals surface area (Å²) in [4.78, 5) is 0. The quantitative estimate of drug-likeness (QED) is 0.661. The molecule has 0 radical (unpaired) electrons. The van der Waals surface area contributed by atoms with Crippen LogP contribution in [0.1, 0.15) is 38.5 Å². The largest absolute Gasteiger partial charge is 0.241 e. The van der Waals surface area contributed by atoms with Crippen LogP contribution in [0.2, 0.25) is 0 Å². The first kappa shape index (κ1) is 12.8. The molecule has 0 N–H and O–H groups in total. The van der Waals surface area contributed by atoms with Crippen LogP contribution < -0.4 is 0 Å². The monoisotopic (exact) mass is 250 g/mol. The van der Waals surface area contributed by atoms with E-state index in [4.69, 9.17) is 10.5 Å². The van der Waals surface area contributed by atoms with Crippen LogP contribution in [0.15, 0.2) is 0 Å². The molecule has 0 aromatic heterocycles. The predicted octanol–water partition coefficient (Wildman–Crippen LogP) is 3.44. The minimum Gasteiger partial charge on any atom is -0.241 e. The van der Waals surface area contributed by atoms with Gasteiger partial charge >= 0.3 is 0 Å². The molecule has 2 nitrogen and oxygen atoms in total. The summed E-state index contributed by atoms with van der Waals surface area (Å²) in [7, 11) is -0.460. The van der Waals surface area contributed by atoms with Gasteiger partial charge in [-0.2, -0.15) is 10.5 Å². The minimum absolute atomic E-state index is 0.00938. The molecule has 2 aliphatic heterocycles. The van der Waals surface area contributed by atoms with Crippen LogP contribution in [0.3, 0.4) is 0 Å². The van der Waals surface area contributed by atoms with E-state index in [1.807, 2.05) is 0 Å². The van der Waals surface area contributed by atoms with Crippen molar-refractivity contribution >= 4 is 10.0 Å². The predicted molar refractivity (Wildman–Crippen MR) is 73.0 cm³/mol. The number of hydrogen-bond acceptors (Lipinski definition) is 2. The van der Waals surface area contributed by atoms with E-state index in [0.717, 1.165) is 12.8 Å². The van der Waals surface area contributed by atoms with Crippen molar-refractivity contribution in [2.45, 2.75) is 38.5 Å². The third kappa shape index (κ3) is 2.96. The van der Waals surface area contributed by atoms with E-state index in [9.17, 15) is 0 Å². The Morgan fingerprint density at radius 2 is 1.18 bits per heavy atom. The molecule has 1 spiro atoms. The molecule has 0 aliphatic carbocycles. The molecule has 0 saturated carbocycles. The van der Waals surface area contributed by atoms with Gasteiger partial charge in [-0.1, -0.05) is 12.8 Å². The molecule has 2 fully saturated rings. The van der Waals surface area contributed by atoms with Crippen molar-refractivity contribution < 1.29 is 0 Å². The van der Waals surface area contributed by atoms with Gasteiger partial charge in [-0.25, -0.2) is 10.0 Å². The zero-order valence-electron chi connectivity index (χ0n) is 10.5. The highest BCUT2D eigenvalue weighted by molar-refractivity contribution is 8.33. The van der Waals surface area contributed by atoms with E-state index in [2.05, 4.69) is 12.1 Å². The lowest BCUT2D eigenvalue weighted by Crippen LogP contribution is -2.15. The van der Waals surface area contributed by atoms with Gasteiger partial charge in [-0.3, -0.25) is 0 Å². The maximum absolute atomic E-state index is 9.17. The summed E-state index contributed by atoms with van der Waals surface area (Å²) in [5.41, 5.74) is 0. The van der Waals surface area contributed by atoms with Gasteiger partial charge in [0.15, 0.2) is 0 Å². The van der Waals surface area contributed by atoms with E-state index in [0.29, 0.717) is 0 Å². The molecule has 0 amide bonds. The zero-order chi connectivity index (χ0) is 12.1. The zero-order valence-corrected chi connectivity index (χ0v) is 11.3. The molecule has 3 heteroatoms. The van der Waals surface area contributed by atoms with Gasteiger partial charge < -0.3 is 0 Å². The average molecular weight is 250 g/mol. The molecule has 0 bridgehead atoms. The molecule has 2 heterocycles. The third-order valence-corrected chi connectivity index (χ3v) is 8.96. The fourth-order valence-corrected chi connectivity index (χ4v) is 7.61. The van der Waals surface area contributed by atoms with Crippen molar-refractivity contribution in [3.8, 4) is 12.1 Å². The summed E-state index contributed by atoms with van der Waals surface area (Å²) in [6.07, 6.45) is 7.57. The minimum atomic E-state index is -0.460. The van der Waals surface area contributed by atoms with Crippen LogP contribution in [-0.4, -0.2) is 23.0 Å². The molecule has 94 valence electrons. The Bertz CT molecular complexity index is 305. The summed E-state index contributed by atoms with van der Waals surface area (Å²) in [5, 5.41) is 18.3. The number of nitrogens with zero attached hydrogens (tertiary/aromatic N) is 2. The van der Waals surface area contributed by atoms with Crippen molar-refractivity contribution in [1.82, 2.24) is 0 Å². The smallest absolute Gasteiger partial charge is 0.0669 e. The highest BCUT2D eigenvalue weighted by Crippen LogP contribution is 2.55. The fourth-order valence-electron chi connectivity index (χ4n) is 3.25. The topological polar surface area (TPSA) is 47.6 Å². The van der Waals surface area contributed by atoms with Crippen LogP contribution in [0.4, 0.5) is 0 Å². The summed E-state index contributed by atoms with van der Waals surface area (Å²) in [6.45, 7) is 0. The van der Waals surface area contributed by atoms with E-state index in [1.165, 1.54) is 48.7 Å². The second-order valence-electron chi connectivity index (χ2n) is 5.50. The van der Waals surface area contributed by atoms with Gasteiger partial charge in [0.2, 0.25) is 0 Å². The van der Waals surface area contributed by atoms with Gasteiger partial charge in [0.25, 0.3) is 0 Å². The Morgan fingerprint density at radius 3 is 1.59 bits per heavy atom. The van der Waals surface area contributed by atoms with E-state index < -0.39 is 10.0 Å². The Morgan fingerprint density at radius 1 is 0.706 bits per heavy atom. The normalized spacial score (nSPS) is 34.9. The number of nitriles is 2. The number of hydrogen-bond donors (Lipinski definition) is 0. The number of rotatable bonds is 0. The SMILES string of the molecule is N#CC1CCS2(CCCCCC2)CCC1C#N. The van der Waals surface area contributed by atoms with Gasteiger partial charge in [0, 0.05) is 0 Å². The second kappa shape index (κ2) is 5.78. The standard InChI is InChI=1S/C14H22N2S/c15-11-13-5-9-17(10-6-14(13)12-16)7-3-1-2-4-8-17/h13-14H,1-10H2. The summed E-state index contributed by atoms with van der Waals surface area (Å²) in [5.74, 6) is 5.39. The van der Waals surface area contributed by atoms with Crippen LogP contribution >= 0.6 is 10.0 Å². The van der Waals surface area contributed by atoms with Gasteiger partial charge in [0.05, 0.1) is 24.0 Å². The Hall–Kier alpha value is -0.670. The molecule has 2 aliphatic rings. The maximum atomic E-state index is 9.17. The van der Waals surface area contributed by atoms with Crippen molar-refractivity contribution in [2.75, 3.05) is 23.0 Å². The molecule has 0 aromatic carbocycles. The van der Waals surface area contributed by atoms with Gasteiger partial charge in [-0.15, -0.1) is 0 Å². The van der Waals surface area contributed by atoms with Crippen LogP contribution in [0.5, 0.6) is 0 Å². The average Bonchev–Trinajstić information content (AvgIpc) is 2.68. The Kier molecular flexibility index (Phi) is 4.35. The van der Waals surface area contributed by atoms with E-state index in [-0.39, 0.29) is 11.8 Å². The maximum Gasteiger partial charge on any atom is 0.0669 e. The lowest BCUT2D eigenvalue weighted by Gasteiger charge is -2.38. The third-order valence-electron chi connectivity index (χ3n) is 4.45. The first-order valence-electron chi connectivity index (χ1n) is 6.83. The summed E-state index contributed by atoms with van der Waals surface area (Å²) in [6, 6.07) is 4.75. The van der Waals surface area contributed by atoms with Crippen LogP contribution in [0.25, 0.3) is 0 Å². The molecule has 17 heavy (non-hydrogen) atoms. The summed E-state index contributed by atoms with van der Waals surface area (Å²) < 4.78 is 0. The van der Waals surface area contributed by atoms with Crippen molar-refractivity contribution in [2.24, 2.45) is 11.8 Å². The fraction of sp³-hybridized carbons (Fsp3) is 0.857. The summed E-state index contributed by atoms with van der Waals surface area (Å²) >= 11 is 0. The highest BCUT2D eigenvalue weighted by Gasteiger charge is 2.33. The van der Waals surface area contributed by atoms with E-state index in [1.54, 1.807) is 0 Å². The lowest BCUT2D eigenvalue weighted by molar-refractivity contribution is 0.483. The second-order valence-corrected chi connectivity index (χ2v) is 9.59. The Labute approximate surface area is 106 Å². The molecular weight excluding hydrogens is 228 g/mol. The van der Waals surface area contributed by atoms with Crippen LogP contribution in [-0.2, 0) is 0 Å². The highest BCUT2D eigenvalue weighted by atomic mass is 32.3. The van der Waals surface area contributed by atoms with Gasteiger partial charge in [0.1, 0.15) is 0 Å². The molecule has 2 atom stereocenters. The van der Waals surface area contributed by atoms with Crippen molar-refractivity contribution in [1.29, 1.82) is 10.5 Å². The molecule has 0 aromatic rings. The molecular formula is C14H22N2S. The molecule has 2 unspecified atom stereocenters. The molecule has 2 rings (SSSR count). The van der Waals surface area contributed by atoms with Crippen molar-refractivity contribution in [3.05, 3.63) is 0 Å². The Balaban J connectivity index is 2.07. The molecule has 2 saturated heterocycles. The van der Waals surface area contributed by atoms with E-state index >= 15 is 0 Å². The van der Waals surface area contributed by atoms with Gasteiger partial charge in [-0.05, 0) is 48.7 Å².